The Morgan fingerprint density at radius 3 is 2.59 bits per heavy atom. The molecule has 2 aromatic heterocycles. The summed E-state index contributed by atoms with van der Waals surface area (Å²) in [4.78, 5) is 25.2. The lowest BCUT2D eigenvalue weighted by molar-refractivity contribution is -0.127. The van der Waals surface area contributed by atoms with Gasteiger partial charge in [0.2, 0.25) is 11.8 Å². The van der Waals surface area contributed by atoms with E-state index in [0.717, 1.165) is 16.9 Å². The Bertz CT molecular complexity index is 1250. The number of aromatic nitrogens is 3. The highest BCUT2D eigenvalue weighted by molar-refractivity contribution is 7.99. The van der Waals surface area contributed by atoms with Crippen molar-refractivity contribution < 1.29 is 14.0 Å². The number of hydrogen-bond donors (Lipinski definition) is 2. The number of nitrogens with zero attached hydrogens (tertiary/aromatic N) is 3. The van der Waals surface area contributed by atoms with Crippen molar-refractivity contribution in [2.24, 2.45) is 0 Å². The molecule has 0 bridgehead atoms. The Hall–Kier alpha value is -3.85. The van der Waals surface area contributed by atoms with Gasteiger partial charge >= 0.3 is 0 Å². The van der Waals surface area contributed by atoms with E-state index in [1.165, 1.54) is 11.8 Å². The van der Waals surface area contributed by atoms with Crippen molar-refractivity contribution in [1.29, 1.82) is 0 Å². The van der Waals surface area contributed by atoms with E-state index >= 15 is 0 Å². The first kappa shape index (κ1) is 23.3. The number of benzene rings is 2. The predicted molar refractivity (Wildman–Crippen MR) is 130 cm³/mol. The minimum atomic E-state index is -0.775. The topological polar surface area (TPSA) is 102 Å². The van der Waals surface area contributed by atoms with Crippen LogP contribution in [0.4, 0.5) is 0 Å². The molecule has 4 rings (SSSR count). The van der Waals surface area contributed by atoms with Crippen LogP contribution in [0.5, 0.6) is 0 Å². The summed E-state index contributed by atoms with van der Waals surface area (Å²) in [5, 5.41) is 14.7. The molecule has 8 nitrogen and oxygen atoms in total. The molecule has 0 saturated heterocycles. The molecule has 4 aromatic rings. The van der Waals surface area contributed by atoms with E-state index in [2.05, 4.69) is 20.8 Å². The molecule has 0 fully saturated rings. The summed E-state index contributed by atoms with van der Waals surface area (Å²) in [6.45, 7) is 2.45. The van der Waals surface area contributed by atoms with Crippen LogP contribution in [-0.2, 0) is 16.1 Å². The number of aryl methyl sites for hydroxylation is 1. The molecule has 0 aliphatic rings. The number of nitrogens with one attached hydrogen (secondary N) is 2. The fourth-order valence-corrected chi connectivity index (χ4v) is 4.27. The Labute approximate surface area is 201 Å². The van der Waals surface area contributed by atoms with Crippen molar-refractivity contribution in [1.82, 2.24) is 25.4 Å². The van der Waals surface area contributed by atoms with Gasteiger partial charge in [0.1, 0.15) is 11.8 Å². The van der Waals surface area contributed by atoms with E-state index in [1.807, 2.05) is 66.1 Å². The van der Waals surface area contributed by atoms with E-state index in [-0.39, 0.29) is 17.6 Å². The lowest BCUT2D eigenvalue weighted by Gasteiger charge is -2.17. The van der Waals surface area contributed by atoms with Crippen molar-refractivity contribution in [3.63, 3.8) is 0 Å². The first-order chi connectivity index (χ1) is 16.5. The van der Waals surface area contributed by atoms with Crippen molar-refractivity contribution in [2.45, 2.75) is 24.7 Å². The zero-order valence-corrected chi connectivity index (χ0v) is 19.7. The first-order valence-corrected chi connectivity index (χ1v) is 11.7. The maximum absolute atomic E-state index is 12.8. The van der Waals surface area contributed by atoms with E-state index < -0.39 is 6.04 Å². The zero-order chi connectivity index (χ0) is 23.9. The highest BCUT2D eigenvalue weighted by atomic mass is 32.2. The summed E-state index contributed by atoms with van der Waals surface area (Å²) in [7, 11) is 1.54. The molecule has 0 spiro atoms. The molecule has 34 heavy (non-hydrogen) atoms. The van der Waals surface area contributed by atoms with Gasteiger partial charge in [-0.2, -0.15) is 0 Å². The fraction of sp³-hybridized carbons (Fsp3) is 0.200. The highest BCUT2D eigenvalue weighted by Gasteiger charge is 2.23. The minimum Gasteiger partial charge on any atom is -0.467 e. The fourth-order valence-electron chi connectivity index (χ4n) is 3.52. The van der Waals surface area contributed by atoms with Crippen LogP contribution in [0.2, 0.25) is 0 Å². The monoisotopic (exact) mass is 475 g/mol. The van der Waals surface area contributed by atoms with Gasteiger partial charge in [-0.1, -0.05) is 65.9 Å². The number of thioether (sulfide) groups is 1. The van der Waals surface area contributed by atoms with Crippen LogP contribution in [0.3, 0.4) is 0 Å². The molecule has 0 saturated carbocycles. The summed E-state index contributed by atoms with van der Waals surface area (Å²) in [5.41, 5.74) is 2.75. The van der Waals surface area contributed by atoms with E-state index in [1.54, 1.807) is 25.4 Å². The summed E-state index contributed by atoms with van der Waals surface area (Å²) in [6, 6.07) is 20.1. The molecule has 0 aliphatic heterocycles. The average molecular weight is 476 g/mol. The van der Waals surface area contributed by atoms with Gasteiger partial charge in [0.25, 0.3) is 0 Å². The van der Waals surface area contributed by atoms with Crippen molar-refractivity contribution in [2.75, 3.05) is 12.8 Å². The molecule has 1 atom stereocenters. The Kier molecular flexibility index (Phi) is 7.44. The van der Waals surface area contributed by atoms with Gasteiger partial charge in [0, 0.05) is 12.6 Å². The van der Waals surface area contributed by atoms with Crippen LogP contribution >= 0.6 is 11.8 Å². The summed E-state index contributed by atoms with van der Waals surface area (Å²) in [6.07, 6.45) is 1.62. The SMILES string of the molecule is CNC(=O)C(NC(=O)CSc1nnc(-c2cccc(C)c2)n1Cc1ccco1)c1ccccc1. The van der Waals surface area contributed by atoms with Gasteiger partial charge in [-0.25, -0.2) is 0 Å². The Morgan fingerprint density at radius 2 is 1.88 bits per heavy atom. The number of rotatable bonds is 9. The quantitative estimate of drug-likeness (QED) is 0.359. The second-order valence-corrected chi connectivity index (χ2v) is 8.60. The third kappa shape index (κ3) is 5.55. The van der Waals surface area contributed by atoms with Crippen molar-refractivity contribution in [3.05, 3.63) is 89.9 Å². The number of likely N-dealkylation sites (N-methyl/N-ethyl adjacent to an activating group) is 1. The van der Waals surface area contributed by atoms with E-state index in [9.17, 15) is 9.59 Å². The Balaban J connectivity index is 1.53. The smallest absolute Gasteiger partial charge is 0.246 e. The number of amides is 2. The second-order valence-electron chi connectivity index (χ2n) is 7.66. The predicted octanol–water partition coefficient (Wildman–Crippen LogP) is 3.59. The minimum absolute atomic E-state index is 0.0738. The van der Waals surface area contributed by atoms with Crippen LogP contribution in [0.1, 0.15) is 22.9 Å². The second kappa shape index (κ2) is 10.8. The average Bonchev–Trinajstić information content (AvgIpc) is 3.51. The van der Waals surface area contributed by atoms with Crippen molar-refractivity contribution >= 4 is 23.6 Å². The van der Waals surface area contributed by atoms with Gasteiger partial charge < -0.3 is 15.1 Å². The maximum Gasteiger partial charge on any atom is 0.246 e. The standard InChI is InChI=1S/C25H25N5O3S/c1-17-8-6-11-19(14-17)23-28-29-25(30(23)15-20-12-7-13-33-20)34-16-21(31)27-22(24(32)26-2)18-9-4-3-5-10-18/h3-14,22H,15-16H2,1-2H3,(H,26,32)(H,27,31). The molecule has 0 radical (unpaired) electrons. The van der Waals surface area contributed by atoms with Gasteiger partial charge in [0.15, 0.2) is 11.0 Å². The van der Waals surface area contributed by atoms with Gasteiger partial charge in [-0.05, 0) is 30.7 Å². The molecule has 2 aromatic carbocycles. The number of hydrogen-bond acceptors (Lipinski definition) is 6. The molecule has 9 heteroatoms. The molecular weight excluding hydrogens is 450 g/mol. The van der Waals surface area contributed by atoms with E-state index in [4.69, 9.17) is 4.42 Å². The Morgan fingerprint density at radius 1 is 1.06 bits per heavy atom. The van der Waals surface area contributed by atoms with Crippen LogP contribution in [0.25, 0.3) is 11.4 Å². The summed E-state index contributed by atoms with van der Waals surface area (Å²) < 4.78 is 7.46. The molecule has 174 valence electrons. The lowest BCUT2D eigenvalue weighted by Crippen LogP contribution is -2.39. The highest BCUT2D eigenvalue weighted by Crippen LogP contribution is 2.26. The van der Waals surface area contributed by atoms with Crippen LogP contribution < -0.4 is 10.6 Å². The number of carbonyl (C=O) groups excluding carboxylic acids is 2. The van der Waals surface area contributed by atoms with Gasteiger partial charge in [0.05, 0.1) is 18.6 Å². The van der Waals surface area contributed by atoms with Crippen LogP contribution in [-0.4, -0.2) is 39.4 Å². The molecule has 0 aliphatic carbocycles. The van der Waals surface area contributed by atoms with Crippen molar-refractivity contribution in [3.8, 4) is 11.4 Å². The first-order valence-electron chi connectivity index (χ1n) is 10.8. The number of furan rings is 1. The molecular formula is C25H25N5O3S. The normalized spacial score (nSPS) is 11.7. The van der Waals surface area contributed by atoms with Gasteiger partial charge in [-0.3, -0.25) is 14.2 Å². The maximum atomic E-state index is 12.8. The van der Waals surface area contributed by atoms with Gasteiger partial charge in [-0.15, -0.1) is 10.2 Å². The third-order valence-corrected chi connectivity index (χ3v) is 6.13. The molecule has 2 N–H and O–H groups in total. The van der Waals surface area contributed by atoms with Crippen LogP contribution in [0.15, 0.2) is 82.6 Å². The lowest BCUT2D eigenvalue weighted by atomic mass is 10.1. The largest absolute Gasteiger partial charge is 0.467 e. The molecule has 2 heterocycles. The summed E-state index contributed by atoms with van der Waals surface area (Å²) in [5.74, 6) is 0.948. The number of carbonyl (C=O) groups is 2. The molecule has 2 amide bonds. The molecule has 1 unspecified atom stereocenters. The van der Waals surface area contributed by atoms with Crippen LogP contribution in [0, 0.1) is 6.92 Å². The van der Waals surface area contributed by atoms with E-state index in [0.29, 0.717) is 23.1 Å². The third-order valence-electron chi connectivity index (χ3n) is 5.17. The zero-order valence-electron chi connectivity index (χ0n) is 18.9. The summed E-state index contributed by atoms with van der Waals surface area (Å²) >= 11 is 1.26.